The number of nitrogens with one attached hydrogen (secondary N) is 1. The standard InChI is InChI=1S/C14H18BrNO/c1-9-6-14(7-9)8-12(16-2)11-5-10(15)3-4-13(11)17-14/h3-5,9,12,16H,6-8H2,1-2H3. The summed E-state index contributed by atoms with van der Waals surface area (Å²) >= 11 is 3.53. The van der Waals surface area contributed by atoms with Crippen molar-refractivity contribution in [3.63, 3.8) is 0 Å². The van der Waals surface area contributed by atoms with Crippen LogP contribution in [-0.2, 0) is 0 Å². The van der Waals surface area contributed by atoms with Crippen LogP contribution in [0.2, 0.25) is 0 Å². The molecule has 0 radical (unpaired) electrons. The molecule has 1 aromatic carbocycles. The van der Waals surface area contributed by atoms with Crippen LogP contribution >= 0.6 is 15.9 Å². The third kappa shape index (κ3) is 1.89. The molecule has 17 heavy (non-hydrogen) atoms. The first-order valence-corrected chi connectivity index (χ1v) is 7.07. The van der Waals surface area contributed by atoms with Crippen molar-refractivity contribution in [2.24, 2.45) is 5.92 Å². The summed E-state index contributed by atoms with van der Waals surface area (Å²) in [6.45, 7) is 2.31. The highest BCUT2D eigenvalue weighted by molar-refractivity contribution is 9.10. The van der Waals surface area contributed by atoms with Crippen molar-refractivity contribution in [1.29, 1.82) is 0 Å². The molecule has 0 saturated heterocycles. The molecule has 2 aliphatic rings. The lowest BCUT2D eigenvalue weighted by atomic mass is 9.67. The van der Waals surface area contributed by atoms with E-state index in [1.807, 2.05) is 7.05 Å². The van der Waals surface area contributed by atoms with Crippen LogP contribution < -0.4 is 10.1 Å². The van der Waals surface area contributed by atoms with Gasteiger partial charge in [0.25, 0.3) is 0 Å². The average molecular weight is 296 g/mol. The Morgan fingerprint density at radius 3 is 2.76 bits per heavy atom. The Morgan fingerprint density at radius 1 is 1.35 bits per heavy atom. The van der Waals surface area contributed by atoms with Gasteiger partial charge in [-0.25, -0.2) is 0 Å². The van der Waals surface area contributed by atoms with Gasteiger partial charge < -0.3 is 10.1 Å². The van der Waals surface area contributed by atoms with Crippen LogP contribution in [0, 0.1) is 5.92 Å². The van der Waals surface area contributed by atoms with Gasteiger partial charge in [-0.1, -0.05) is 22.9 Å². The maximum atomic E-state index is 6.25. The lowest BCUT2D eigenvalue weighted by Crippen LogP contribution is -2.52. The molecule has 3 rings (SSSR count). The van der Waals surface area contributed by atoms with Crippen molar-refractivity contribution in [2.45, 2.75) is 37.8 Å². The van der Waals surface area contributed by atoms with Crippen LogP contribution in [0.1, 0.15) is 37.8 Å². The first-order valence-electron chi connectivity index (χ1n) is 6.28. The second-order valence-electron chi connectivity index (χ2n) is 5.53. The number of hydrogen-bond acceptors (Lipinski definition) is 2. The lowest BCUT2D eigenvalue weighted by molar-refractivity contribution is -0.0684. The predicted molar refractivity (Wildman–Crippen MR) is 72.3 cm³/mol. The first-order chi connectivity index (χ1) is 8.12. The molecule has 1 unspecified atom stereocenters. The van der Waals surface area contributed by atoms with Crippen molar-refractivity contribution in [1.82, 2.24) is 5.32 Å². The zero-order valence-corrected chi connectivity index (χ0v) is 11.9. The van der Waals surface area contributed by atoms with Gasteiger partial charge >= 0.3 is 0 Å². The van der Waals surface area contributed by atoms with Crippen molar-refractivity contribution in [3.05, 3.63) is 28.2 Å². The van der Waals surface area contributed by atoms with Crippen LogP contribution in [0.4, 0.5) is 0 Å². The van der Waals surface area contributed by atoms with Gasteiger partial charge in [0.2, 0.25) is 0 Å². The average Bonchev–Trinajstić information content (AvgIpc) is 2.27. The molecule has 0 aromatic heterocycles. The van der Waals surface area contributed by atoms with Gasteiger partial charge in [-0.3, -0.25) is 0 Å². The number of halogens is 1. The molecule has 1 heterocycles. The lowest BCUT2D eigenvalue weighted by Gasteiger charge is -2.51. The first kappa shape index (κ1) is 11.5. The van der Waals surface area contributed by atoms with Gasteiger partial charge in [-0.15, -0.1) is 0 Å². The van der Waals surface area contributed by atoms with Crippen LogP contribution in [0.5, 0.6) is 5.75 Å². The highest BCUT2D eigenvalue weighted by atomic mass is 79.9. The smallest absolute Gasteiger partial charge is 0.125 e. The van der Waals surface area contributed by atoms with Gasteiger partial charge in [-0.2, -0.15) is 0 Å². The van der Waals surface area contributed by atoms with Crippen LogP contribution in [-0.4, -0.2) is 12.6 Å². The van der Waals surface area contributed by atoms with Crippen molar-refractivity contribution in [2.75, 3.05) is 7.05 Å². The van der Waals surface area contributed by atoms with E-state index in [0.29, 0.717) is 6.04 Å². The van der Waals surface area contributed by atoms with E-state index >= 15 is 0 Å². The molecule has 1 saturated carbocycles. The maximum absolute atomic E-state index is 6.25. The Kier molecular flexibility index (Phi) is 2.71. The largest absolute Gasteiger partial charge is 0.487 e. The predicted octanol–water partition coefficient (Wildman–Crippen LogP) is 3.66. The van der Waals surface area contributed by atoms with Crippen LogP contribution in [0.3, 0.4) is 0 Å². The van der Waals surface area contributed by atoms with E-state index in [0.717, 1.165) is 22.6 Å². The summed E-state index contributed by atoms with van der Waals surface area (Å²) in [4.78, 5) is 0. The maximum Gasteiger partial charge on any atom is 0.125 e. The summed E-state index contributed by atoms with van der Waals surface area (Å²) in [6, 6.07) is 6.75. The molecule has 0 bridgehead atoms. The number of hydrogen-bond donors (Lipinski definition) is 1. The third-order valence-corrected chi connectivity index (χ3v) is 4.53. The molecule has 2 nitrogen and oxygen atoms in total. The van der Waals surface area contributed by atoms with E-state index in [9.17, 15) is 0 Å². The van der Waals surface area contributed by atoms with E-state index < -0.39 is 0 Å². The molecule has 1 aliphatic carbocycles. The molecule has 3 heteroatoms. The fraction of sp³-hybridized carbons (Fsp3) is 0.571. The van der Waals surface area contributed by atoms with Gasteiger partial charge in [0, 0.05) is 22.5 Å². The van der Waals surface area contributed by atoms with E-state index in [-0.39, 0.29) is 5.60 Å². The normalized spacial score (nSPS) is 35.0. The van der Waals surface area contributed by atoms with Gasteiger partial charge in [-0.05, 0) is 44.0 Å². The molecule has 0 amide bonds. The summed E-state index contributed by atoms with van der Waals surface area (Å²) in [5.41, 5.74) is 1.39. The van der Waals surface area contributed by atoms with Crippen molar-refractivity contribution >= 4 is 15.9 Å². The number of ether oxygens (including phenoxy) is 1. The van der Waals surface area contributed by atoms with E-state index in [1.54, 1.807) is 0 Å². The Balaban J connectivity index is 1.95. The summed E-state index contributed by atoms with van der Waals surface area (Å²) in [7, 11) is 2.04. The zero-order valence-electron chi connectivity index (χ0n) is 10.3. The minimum absolute atomic E-state index is 0.105. The van der Waals surface area contributed by atoms with Crippen LogP contribution in [0.25, 0.3) is 0 Å². The number of fused-ring (bicyclic) bond motifs is 1. The monoisotopic (exact) mass is 295 g/mol. The van der Waals surface area contributed by atoms with Crippen molar-refractivity contribution < 1.29 is 4.74 Å². The highest BCUT2D eigenvalue weighted by Crippen LogP contribution is 2.51. The molecule has 1 spiro atoms. The zero-order chi connectivity index (χ0) is 12.0. The molecule has 92 valence electrons. The molecule has 1 aliphatic heterocycles. The SMILES string of the molecule is CNC1CC2(CC(C)C2)Oc2ccc(Br)cc21. The van der Waals surface area contributed by atoms with Crippen LogP contribution in [0.15, 0.2) is 22.7 Å². The minimum atomic E-state index is 0.105. The molecule has 1 atom stereocenters. The fourth-order valence-electron chi connectivity index (χ4n) is 3.36. The topological polar surface area (TPSA) is 21.3 Å². The Hall–Kier alpha value is -0.540. The number of rotatable bonds is 1. The third-order valence-electron chi connectivity index (χ3n) is 4.04. The summed E-state index contributed by atoms with van der Waals surface area (Å²) in [5, 5.41) is 3.42. The molecule has 1 fully saturated rings. The van der Waals surface area contributed by atoms with Crippen molar-refractivity contribution in [3.8, 4) is 5.75 Å². The minimum Gasteiger partial charge on any atom is -0.487 e. The van der Waals surface area contributed by atoms with E-state index in [2.05, 4.69) is 46.4 Å². The fourth-order valence-corrected chi connectivity index (χ4v) is 3.74. The van der Waals surface area contributed by atoms with E-state index in [4.69, 9.17) is 4.74 Å². The second-order valence-corrected chi connectivity index (χ2v) is 6.44. The molecule has 1 N–H and O–H groups in total. The van der Waals surface area contributed by atoms with Gasteiger partial charge in [0.15, 0.2) is 0 Å². The molecular weight excluding hydrogens is 278 g/mol. The Morgan fingerprint density at radius 2 is 2.12 bits per heavy atom. The van der Waals surface area contributed by atoms with E-state index in [1.165, 1.54) is 18.4 Å². The summed E-state index contributed by atoms with van der Waals surface area (Å²) in [5.74, 6) is 1.87. The second kappa shape index (κ2) is 3.99. The number of benzene rings is 1. The van der Waals surface area contributed by atoms with Gasteiger partial charge in [0.05, 0.1) is 0 Å². The molecule has 1 aromatic rings. The summed E-state index contributed by atoms with van der Waals surface area (Å²) in [6.07, 6.45) is 3.48. The summed E-state index contributed by atoms with van der Waals surface area (Å²) < 4.78 is 7.38. The highest BCUT2D eigenvalue weighted by Gasteiger charge is 2.48. The Labute approximate surface area is 111 Å². The Bertz CT molecular complexity index is 440. The van der Waals surface area contributed by atoms with Gasteiger partial charge in [0.1, 0.15) is 11.4 Å². The molecular formula is C14H18BrNO. The quantitative estimate of drug-likeness (QED) is 0.854.